The van der Waals surface area contributed by atoms with E-state index in [9.17, 15) is 15.0 Å². The highest BCUT2D eigenvalue weighted by molar-refractivity contribution is 5.91. The first-order valence-corrected chi connectivity index (χ1v) is 9.75. The van der Waals surface area contributed by atoms with E-state index in [4.69, 9.17) is 0 Å². The molecule has 2 N–H and O–H groups in total. The maximum atomic E-state index is 12.0. The van der Waals surface area contributed by atoms with Gasteiger partial charge in [-0.2, -0.15) is 0 Å². The summed E-state index contributed by atoms with van der Waals surface area (Å²) in [6, 6.07) is 0. The molecule has 4 aliphatic rings. The van der Waals surface area contributed by atoms with Crippen LogP contribution in [0.3, 0.4) is 0 Å². The van der Waals surface area contributed by atoms with Crippen molar-refractivity contribution in [1.82, 2.24) is 0 Å². The molecule has 24 heavy (non-hydrogen) atoms. The summed E-state index contributed by atoms with van der Waals surface area (Å²) >= 11 is 0. The van der Waals surface area contributed by atoms with Crippen molar-refractivity contribution < 1.29 is 15.0 Å². The molecule has 3 heteroatoms. The monoisotopic (exact) mass is 332 g/mol. The minimum absolute atomic E-state index is 0.0502. The summed E-state index contributed by atoms with van der Waals surface area (Å²) in [7, 11) is 0. The molecule has 0 amide bonds. The third-order valence-electron chi connectivity index (χ3n) is 8.78. The molecule has 0 heterocycles. The Morgan fingerprint density at radius 2 is 1.92 bits per heavy atom. The number of allylic oxidation sites excluding steroid dienone is 1. The molecule has 0 radical (unpaired) electrons. The standard InChI is InChI=1S/C21H32O3/c1-12-9-14-15-6-8-21(4,24)20(15,3)11-17(23)18(14)19(2)7-5-13(22)10-16(12)19/h10,12,14-15,17-18,23-24H,5-9,11H2,1-4H3/t12-,14?,15?,17?,18?,19?,20?,21-/m0/s1. The highest BCUT2D eigenvalue weighted by Gasteiger charge is 2.65. The van der Waals surface area contributed by atoms with Crippen LogP contribution in [0.25, 0.3) is 0 Å². The molecule has 3 fully saturated rings. The second kappa shape index (κ2) is 4.94. The quantitative estimate of drug-likeness (QED) is 0.714. The summed E-state index contributed by atoms with van der Waals surface area (Å²) in [5.41, 5.74) is 0.375. The van der Waals surface area contributed by atoms with Crippen molar-refractivity contribution in [1.29, 1.82) is 0 Å². The largest absolute Gasteiger partial charge is 0.393 e. The number of rotatable bonds is 0. The molecule has 3 nitrogen and oxygen atoms in total. The van der Waals surface area contributed by atoms with Crippen molar-refractivity contribution in [2.75, 3.05) is 0 Å². The summed E-state index contributed by atoms with van der Waals surface area (Å²) in [5.74, 6) is 1.84. The van der Waals surface area contributed by atoms with E-state index < -0.39 is 5.60 Å². The van der Waals surface area contributed by atoms with Crippen LogP contribution in [0.5, 0.6) is 0 Å². The van der Waals surface area contributed by atoms with E-state index in [2.05, 4.69) is 20.8 Å². The van der Waals surface area contributed by atoms with E-state index in [1.165, 1.54) is 5.57 Å². The maximum Gasteiger partial charge on any atom is 0.155 e. The van der Waals surface area contributed by atoms with Gasteiger partial charge in [0.05, 0.1) is 11.7 Å². The fourth-order valence-electron chi connectivity index (χ4n) is 7.34. The van der Waals surface area contributed by atoms with Crippen molar-refractivity contribution >= 4 is 5.78 Å². The average molecular weight is 332 g/mol. The van der Waals surface area contributed by atoms with Crippen LogP contribution in [0.1, 0.15) is 66.2 Å². The summed E-state index contributed by atoms with van der Waals surface area (Å²) in [6.45, 7) is 8.72. The lowest BCUT2D eigenvalue weighted by molar-refractivity contribution is -0.170. The van der Waals surface area contributed by atoms with E-state index in [-0.39, 0.29) is 28.6 Å². The lowest BCUT2D eigenvalue weighted by Gasteiger charge is -2.61. The summed E-state index contributed by atoms with van der Waals surface area (Å²) in [4.78, 5) is 12.0. The zero-order valence-electron chi connectivity index (χ0n) is 15.5. The molecule has 3 saturated carbocycles. The Morgan fingerprint density at radius 1 is 1.21 bits per heavy atom. The Kier molecular flexibility index (Phi) is 3.46. The first-order chi connectivity index (χ1) is 11.1. The first kappa shape index (κ1) is 16.8. The van der Waals surface area contributed by atoms with Crippen molar-refractivity contribution in [3.05, 3.63) is 11.6 Å². The number of hydrogen-bond donors (Lipinski definition) is 2. The van der Waals surface area contributed by atoms with Crippen molar-refractivity contribution in [3.8, 4) is 0 Å². The molecular formula is C21H32O3. The number of fused-ring (bicyclic) bond motifs is 5. The second-order valence-electron chi connectivity index (χ2n) is 9.92. The zero-order chi connectivity index (χ0) is 17.5. The molecule has 0 aliphatic heterocycles. The van der Waals surface area contributed by atoms with Crippen molar-refractivity contribution in [3.63, 3.8) is 0 Å². The fourth-order valence-corrected chi connectivity index (χ4v) is 7.34. The molecule has 6 unspecified atom stereocenters. The van der Waals surface area contributed by atoms with Gasteiger partial charge in [0.1, 0.15) is 0 Å². The number of aliphatic hydroxyl groups excluding tert-OH is 1. The smallest absolute Gasteiger partial charge is 0.155 e. The predicted molar refractivity (Wildman–Crippen MR) is 93.3 cm³/mol. The molecule has 0 spiro atoms. The van der Waals surface area contributed by atoms with Gasteiger partial charge in [-0.3, -0.25) is 4.79 Å². The SMILES string of the molecule is C[C@H]1CC2C(C(O)CC3(C)C2CC[C@]3(C)O)C2(C)CCC(=O)C=C12. The molecule has 0 aromatic carbocycles. The third-order valence-corrected chi connectivity index (χ3v) is 8.78. The number of carbonyl (C=O) groups excluding carboxylic acids is 1. The van der Waals surface area contributed by atoms with Crippen LogP contribution in [0.15, 0.2) is 11.6 Å². The van der Waals surface area contributed by atoms with Crippen LogP contribution < -0.4 is 0 Å². The number of carbonyl (C=O) groups is 1. The Hall–Kier alpha value is -0.670. The third kappa shape index (κ3) is 1.94. The Labute approximate surface area is 145 Å². The van der Waals surface area contributed by atoms with Crippen LogP contribution in [-0.2, 0) is 4.79 Å². The second-order valence-corrected chi connectivity index (χ2v) is 9.92. The van der Waals surface area contributed by atoms with Crippen LogP contribution in [0, 0.1) is 34.5 Å². The maximum absolute atomic E-state index is 12.0. The fraction of sp³-hybridized carbons (Fsp3) is 0.857. The van der Waals surface area contributed by atoms with Crippen LogP contribution in [0.2, 0.25) is 0 Å². The Bertz CT molecular complexity index is 606. The van der Waals surface area contributed by atoms with Gasteiger partial charge in [-0.15, -0.1) is 0 Å². The molecule has 0 bridgehead atoms. The van der Waals surface area contributed by atoms with E-state index in [1.807, 2.05) is 13.0 Å². The van der Waals surface area contributed by atoms with Gasteiger partial charge in [-0.05, 0) is 74.2 Å². The zero-order valence-corrected chi connectivity index (χ0v) is 15.5. The highest BCUT2D eigenvalue weighted by Crippen LogP contribution is 2.68. The lowest BCUT2D eigenvalue weighted by Crippen LogP contribution is -2.60. The highest BCUT2D eigenvalue weighted by atomic mass is 16.3. The van der Waals surface area contributed by atoms with Gasteiger partial charge in [-0.1, -0.05) is 26.3 Å². The van der Waals surface area contributed by atoms with Crippen LogP contribution in [0.4, 0.5) is 0 Å². The van der Waals surface area contributed by atoms with Gasteiger partial charge in [0.2, 0.25) is 0 Å². The number of ketones is 1. The van der Waals surface area contributed by atoms with E-state index in [0.717, 1.165) is 25.7 Å². The van der Waals surface area contributed by atoms with Gasteiger partial charge in [0.25, 0.3) is 0 Å². The van der Waals surface area contributed by atoms with E-state index in [1.54, 1.807) is 0 Å². The minimum Gasteiger partial charge on any atom is -0.393 e. The topological polar surface area (TPSA) is 57.5 Å². The van der Waals surface area contributed by atoms with Crippen LogP contribution in [-0.4, -0.2) is 27.7 Å². The molecule has 134 valence electrons. The van der Waals surface area contributed by atoms with Gasteiger partial charge in [0, 0.05) is 11.8 Å². The molecule has 0 aromatic heterocycles. The summed E-state index contributed by atoms with van der Waals surface area (Å²) in [6.07, 6.45) is 6.66. The summed E-state index contributed by atoms with van der Waals surface area (Å²) < 4.78 is 0. The van der Waals surface area contributed by atoms with Gasteiger partial charge >= 0.3 is 0 Å². The molecule has 4 aliphatic carbocycles. The Balaban J connectivity index is 1.79. The minimum atomic E-state index is -0.674. The number of hydrogen-bond acceptors (Lipinski definition) is 3. The predicted octanol–water partition coefficient (Wildman–Crippen LogP) is 3.49. The lowest BCUT2D eigenvalue weighted by atomic mass is 9.44. The van der Waals surface area contributed by atoms with E-state index >= 15 is 0 Å². The normalized spacial score (nSPS) is 57.0. The van der Waals surface area contributed by atoms with Crippen molar-refractivity contribution in [2.24, 2.45) is 34.5 Å². The summed E-state index contributed by atoms with van der Waals surface area (Å²) in [5, 5.41) is 22.2. The van der Waals surface area contributed by atoms with Gasteiger partial charge in [0.15, 0.2) is 5.78 Å². The molecule has 0 aromatic rings. The molecule has 8 atom stereocenters. The van der Waals surface area contributed by atoms with E-state index in [0.29, 0.717) is 30.6 Å². The molecular weight excluding hydrogens is 300 g/mol. The first-order valence-electron chi connectivity index (χ1n) is 9.75. The van der Waals surface area contributed by atoms with Gasteiger partial charge < -0.3 is 10.2 Å². The molecule has 0 saturated heterocycles. The van der Waals surface area contributed by atoms with Gasteiger partial charge in [-0.25, -0.2) is 0 Å². The molecule has 4 rings (SSSR count). The van der Waals surface area contributed by atoms with Crippen LogP contribution >= 0.6 is 0 Å². The average Bonchev–Trinajstić information content (AvgIpc) is 2.71. The Morgan fingerprint density at radius 3 is 2.62 bits per heavy atom. The number of aliphatic hydroxyl groups is 2. The van der Waals surface area contributed by atoms with Crippen molar-refractivity contribution in [2.45, 2.75) is 77.9 Å².